The Morgan fingerprint density at radius 2 is 2.17 bits per heavy atom. The van der Waals surface area contributed by atoms with Crippen LogP contribution >= 0.6 is 11.6 Å². The van der Waals surface area contributed by atoms with Gasteiger partial charge < -0.3 is 5.32 Å². The SMILES string of the molecule is Cc1ccc(CNCC2CCCC(C)C2)c(Cl)c1. The van der Waals surface area contributed by atoms with Gasteiger partial charge in [-0.1, -0.05) is 43.5 Å². The lowest BCUT2D eigenvalue weighted by Gasteiger charge is -2.26. The van der Waals surface area contributed by atoms with Gasteiger partial charge in [-0.05, 0) is 55.3 Å². The van der Waals surface area contributed by atoms with Gasteiger partial charge in [-0.15, -0.1) is 0 Å². The third-order valence-electron chi connectivity index (χ3n) is 4.00. The van der Waals surface area contributed by atoms with Gasteiger partial charge in [0.15, 0.2) is 0 Å². The Hall–Kier alpha value is -0.530. The van der Waals surface area contributed by atoms with Crippen molar-refractivity contribution in [2.24, 2.45) is 11.8 Å². The topological polar surface area (TPSA) is 12.0 Å². The number of benzene rings is 1. The molecular weight excluding hydrogens is 242 g/mol. The Bertz CT molecular complexity index is 389. The van der Waals surface area contributed by atoms with E-state index in [1.54, 1.807) is 0 Å². The zero-order chi connectivity index (χ0) is 13.0. The maximum absolute atomic E-state index is 6.23. The van der Waals surface area contributed by atoms with Crippen LogP contribution in [0, 0.1) is 18.8 Å². The summed E-state index contributed by atoms with van der Waals surface area (Å²) in [4.78, 5) is 0. The van der Waals surface area contributed by atoms with Crippen LogP contribution in [-0.4, -0.2) is 6.54 Å². The average Bonchev–Trinajstić information content (AvgIpc) is 2.32. The van der Waals surface area contributed by atoms with Crippen LogP contribution in [0.3, 0.4) is 0 Å². The molecule has 0 radical (unpaired) electrons. The molecule has 1 aliphatic carbocycles. The third-order valence-corrected chi connectivity index (χ3v) is 4.35. The Morgan fingerprint density at radius 1 is 1.33 bits per heavy atom. The van der Waals surface area contributed by atoms with Crippen molar-refractivity contribution in [3.05, 3.63) is 34.3 Å². The maximum atomic E-state index is 6.23. The number of halogens is 1. The van der Waals surface area contributed by atoms with Crippen molar-refractivity contribution in [1.29, 1.82) is 0 Å². The van der Waals surface area contributed by atoms with Crippen LogP contribution in [-0.2, 0) is 6.54 Å². The Balaban J connectivity index is 1.77. The van der Waals surface area contributed by atoms with E-state index in [0.717, 1.165) is 29.9 Å². The minimum atomic E-state index is 0.859. The number of rotatable bonds is 4. The highest BCUT2D eigenvalue weighted by molar-refractivity contribution is 6.31. The average molecular weight is 266 g/mol. The smallest absolute Gasteiger partial charge is 0.0453 e. The van der Waals surface area contributed by atoms with Gasteiger partial charge in [-0.25, -0.2) is 0 Å². The second-order valence-electron chi connectivity index (χ2n) is 5.86. The molecule has 0 aromatic heterocycles. The van der Waals surface area contributed by atoms with Crippen LogP contribution in [0.4, 0.5) is 0 Å². The third kappa shape index (κ3) is 4.00. The summed E-state index contributed by atoms with van der Waals surface area (Å²) in [5.41, 5.74) is 2.44. The molecule has 1 aromatic carbocycles. The van der Waals surface area contributed by atoms with Gasteiger partial charge in [0.25, 0.3) is 0 Å². The van der Waals surface area contributed by atoms with E-state index < -0.39 is 0 Å². The molecule has 0 saturated heterocycles. The largest absolute Gasteiger partial charge is 0.312 e. The molecule has 1 nitrogen and oxygen atoms in total. The van der Waals surface area contributed by atoms with Gasteiger partial charge in [0, 0.05) is 11.6 Å². The van der Waals surface area contributed by atoms with E-state index in [1.807, 2.05) is 6.07 Å². The summed E-state index contributed by atoms with van der Waals surface area (Å²) in [6.45, 7) is 6.48. The van der Waals surface area contributed by atoms with E-state index in [4.69, 9.17) is 11.6 Å². The van der Waals surface area contributed by atoms with Crippen LogP contribution in [0.5, 0.6) is 0 Å². The molecule has 2 heteroatoms. The molecule has 1 N–H and O–H groups in total. The van der Waals surface area contributed by atoms with Crippen LogP contribution in [0.25, 0.3) is 0 Å². The fourth-order valence-electron chi connectivity index (χ4n) is 2.95. The molecule has 0 aliphatic heterocycles. The van der Waals surface area contributed by atoms with Gasteiger partial charge in [-0.2, -0.15) is 0 Å². The molecule has 0 heterocycles. The lowest BCUT2D eigenvalue weighted by Crippen LogP contribution is -2.26. The maximum Gasteiger partial charge on any atom is 0.0453 e. The van der Waals surface area contributed by atoms with Crippen molar-refractivity contribution in [2.75, 3.05) is 6.54 Å². The summed E-state index contributed by atoms with van der Waals surface area (Å²) in [6, 6.07) is 6.31. The zero-order valence-corrected chi connectivity index (χ0v) is 12.3. The Morgan fingerprint density at radius 3 is 2.89 bits per heavy atom. The molecule has 100 valence electrons. The summed E-state index contributed by atoms with van der Waals surface area (Å²) in [5.74, 6) is 1.77. The number of hydrogen-bond acceptors (Lipinski definition) is 1. The molecule has 1 aromatic rings. The highest BCUT2D eigenvalue weighted by Crippen LogP contribution is 2.28. The number of aryl methyl sites for hydroxylation is 1. The fraction of sp³-hybridized carbons (Fsp3) is 0.625. The minimum Gasteiger partial charge on any atom is -0.312 e. The molecule has 1 fully saturated rings. The lowest BCUT2D eigenvalue weighted by atomic mass is 9.82. The highest BCUT2D eigenvalue weighted by atomic mass is 35.5. The quantitative estimate of drug-likeness (QED) is 0.841. The van der Waals surface area contributed by atoms with E-state index in [9.17, 15) is 0 Å². The number of hydrogen-bond donors (Lipinski definition) is 1. The van der Waals surface area contributed by atoms with Crippen molar-refractivity contribution >= 4 is 11.6 Å². The van der Waals surface area contributed by atoms with Crippen LogP contribution in [0.2, 0.25) is 5.02 Å². The molecule has 2 rings (SSSR count). The molecule has 0 amide bonds. The first-order chi connectivity index (χ1) is 8.65. The van der Waals surface area contributed by atoms with Crippen LogP contribution in [0.1, 0.15) is 43.7 Å². The first-order valence-electron chi connectivity index (χ1n) is 7.11. The molecule has 1 aliphatic rings. The molecule has 18 heavy (non-hydrogen) atoms. The van der Waals surface area contributed by atoms with Gasteiger partial charge in [-0.3, -0.25) is 0 Å². The van der Waals surface area contributed by atoms with Crippen molar-refractivity contribution in [2.45, 2.75) is 46.1 Å². The molecule has 0 bridgehead atoms. The Kier molecular flexibility index (Phi) is 5.08. The minimum absolute atomic E-state index is 0.859. The van der Waals surface area contributed by atoms with E-state index in [0.29, 0.717) is 0 Å². The molecule has 2 atom stereocenters. The zero-order valence-electron chi connectivity index (χ0n) is 11.5. The van der Waals surface area contributed by atoms with E-state index in [1.165, 1.54) is 36.8 Å². The van der Waals surface area contributed by atoms with E-state index in [-0.39, 0.29) is 0 Å². The van der Waals surface area contributed by atoms with Gasteiger partial charge in [0.1, 0.15) is 0 Å². The summed E-state index contributed by atoms with van der Waals surface area (Å²) >= 11 is 6.23. The molecular formula is C16H24ClN. The van der Waals surface area contributed by atoms with Crippen LogP contribution in [0.15, 0.2) is 18.2 Å². The second-order valence-corrected chi connectivity index (χ2v) is 6.27. The van der Waals surface area contributed by atoms with E-state index in [2.05, 4.69) is 31.3 Å². The summed E-state index contributed by atoms with van der Waals surface area (Å²) in [6.07, 6.45) is 5.59. The van der Waals surface area contributed by atoms with Crippen molar-refractivity contribution in [3.63, 3.8) is 0 Å². The first-order valence-corrected chi connectivity index (χ1v) is 7.48. The summed E-state index contributed by atoms with van der Waals surface area (Å²) < 4.78 is 0. The fourth-order valence-corrected chi connectivity index (χ4v) is 3.25. The normalized spacial score (nSPS) is 24.2. The van der Waals surface area contributed by atoms with Crippen molar-refractivity contribution in [3.8, 4) is 0 Å². The first kappa shape index (κ1) is 13.9. The van der Waals surface area contributed by atoms with Gasteiger partial charge in [0.05, 0.1) is 0 Å². The highest BCUT2D eigenvalue weighted by Gasteiger charge is 2.18. The second kappa shape index (κ2) is 6.58. The number of nitrogens with one attached hydrogen (secondary N) is 1. The van der Waals surface area contributed by atoms with Gasteiger partial charge >= 0.3 is 0 Å². The Labute approximate surface area is 116 Å². The monoisotopic (exact) mass is 265 g/mol. The van der Waals surface area contributed by atoms with Gasteiger partial charge in [0.2, 0.25) is 0 Å². The standard InChI is InChI=1S/C16H24ClN/c1-12-4-3-5-14(8-12)10-18-11-15-7-6-13(2)9-16(15)17/h6-7,9,12,14,18H,3-5,8,10-11H2,1-2H3. The lowest BCUT2D eigenvalue weighted by molar-refractivity contribution is 0.274. The van der Waals surface area contributed by atoms with E-state index >= 15 is 0 Å². The van der Waals surface area contributed by atoms with Crippen molar-refractivity contribution in [1.82, 2.24) is 5.32 Å². The predicted molar refractivity (Wildman–Crippen MR) is 79.0 cm³/mol. The molecule has 1 saturated carbocycles. The molecule has 2 unspecified atom stereocenters. The molecule has 0 spiro atoms. The predicted octanol–water partition coefficient (Wildman–Crippen LogP) is 4.56. The van der Waals surface area contributed by atoms with Crippen molar-refractivity contribution < 1.29 is 0 Å². The summed E-state index contributed by atoms with van der Waals surface area (Å²) in [5, 5.41) is 4.46. The summed E-state index contributed by atoms with van der Waals surface area (Å²) in [7, 11) is 0. The van der Waals surface area contributed by atoms with Crippen LogP contribution < -0.4 is 5.32 Å².